The van der Waals surface area contributed by atoms with Crippen LogP contribution >= 0.6 is 23.2 Å². The summed E-state index contributed by atoms with van der Waals surface area (Å²) in [6.45, 7) is 2.07. The highest BCUT2D eigenvalue weighted by molar-refractivity contribution is 6.42. The molecule has 212 valence electrons. The van der Waals surface area contributed by atoms with Crippen LogP contribution in [0.15, 0.2) is 36.4 Å². The molecule has 1 aliphatic heterocycles. The van der Waals surface area contributed by atoms with Gasteiger partial charge in [-0.3, -0.25) is 9.59 Å². The highest BCUT2D eigenvalue weighted by atomic mass is 35.5. The highest BCUT2D eigenvalue weighted by Crippen LogP contribution is 2.37. The van der Waals surface area contributed by atoms with Crippen LogP contribution in [0.4, 0.5) is 5.69 Å². The second-order valence-corrected chi connectivity index (χ2v) is 11.3. The predicted octanol–water partition coefficient (Wildman–Crippen LogP) is 5.91. The Kier molecular flexibility index (Phi) is 11.3. The van der Waals surface area contributed by atoms with Crippen molar-refractivity contribution in [3.8, 4) is 5.75 Å². The summed E-state index contributed by atoms with van der Waals surface area (Å²) in [5.74, 6) is 0.560. The molecule has 0 spiro atoms. The van der Waals surface area contributed by atoms with Crippen LogP contribution in [0.5, 0.6) is 5.75 Å². The van der Waals surface area contributed by atoms with Crippen LogP contribution in [0.2, 0.25) is 10.0 Å². The number of nitrogens with one attached hydrogen (secondary N) is 2. The number of hydrogen-bond donors (Lipinski definition) is 3. The molecule has 1 saturated carbocycles. The number of anilines is 1. The maximum absolute atomic E-state index is 13.2. The van der Waals surface area contributed by atoms with E-state index in [2.05, 4.69) is 15.5 Å². The van der Waals surface area contributed by atoms with Gasteiger partial charge in [-0.1, -0.05) is 60.7 Å². The number of aliphatic hydroxyl groups excluding tert-OH is 1. The number of aliphatic hydroxyl groups is 1. The van der Waals surface area contributed by atoms with Crippen molar-refractivity contribution in [3.05, 3.63) is 57.6 Å². The summed E-state index contributed by atoms with van der Waals surface area (Å²) >= 11 is 12.1. The molecular formula is C30H39Cl2N3O4. The number of nitrogens with zero attached hydrogens (tertiary/aromatic N) is 1. The number of hydrogen-bond acceptors (Lipinski definition) is 5. The number of amides is 2. The van der Waals surface area contributed by atoms with Crippen molar-refractivity contribution in [2.24, 2.45) is 0 Å². The summed E-state index contributed by atoms with van der Waals surface area (Å²) in [6, 6.07) is 11.4. The topological polar surface area (TPSA) is 90.9 Å². The van der Waals surface area contributed by atoms with Gasteiger partial charge in [0.05, 0.1) is 21.8 Å². The minimum atomic E-state index is -0.687. The lowest BCUT2D eigenvalue weighted by atomic mass is 9.93. The van der Waals surface area contributed by atoms with E-state index >= 15 is 0 Å². The van der Waals surface area contributed by atoms with Gasteiger partial charge in [0, 0.05) is 31.1 Å². The van der Waals surface area contributed by atoms with Crippen molar-refractivity contribution >= 4 is 40.7 Å². The molecule has 0 unspecified atom stereocenters. The van der Waals surface area contributed by atoms with Gasteiger partial charge >= 0.3 is 0 Å². The molecule has 0 saturated heterocycles. The van der Waals surface area contributed by atoms with Crippen LogP contribution < -0.4 is 15.4 Å². The second-order valence-electron chi connectivity index (χ2n) is 10.4. The van der Waals surface area contributed by atoms with Crippen LogP contribution in [-0.2, 0) is 16.0 Å². The Bertz CT molecular complexity index is 1120. The third kappa shape index (κ3) is 8.58. The van der Waals surface area contributed by atoms with E-state index in [1.54, 1.807) is 6.07 Å². The third-order valence-corrected chi connectivity index (χ3v) is 8.32. The molecule has 1 atom stereocenters. The Balaban J connectivity index is 1.22. The molecular weight excluding hydrogens is 537 g/mol. The average molecular weight is 577 g/mol. The zero-order valence-corrected chi connectivity index (χ0v) is 23.9. The monoisotopic (exact) mass is 575 g/mol. The van der Waals surface area contributed by atoms with Gasteiger partial charge in [-0.15, -0.1) is 0 Å². The molecule has 2 aliphatic rings. The van der Waals surface area contributed by atoms with Gasteiger partial charge in [-0.25, -0.2) is 0 Å². The summed E-state index contributed by atoms with van der Waals surface area (Å²) in [5, 5.41) is 18.1. The minimum Gasteiger partial charge on any atom is -0.481 e. The quantitative estimate of drug-likeness (QED) is 0.258. The zero-order valence-electron chi connectivity index (χ0n) is 22.4. The van der Waals surface area contributed by atoms with Gasteiger partial charge in [0.25, 0.3) is 5.91 Å². The van der Waals surface area contributed by atoms with Crippen molar-refractivity contribution in [2.75, 3.05) is 31.6 Å². The first-order valence-electron chi connectivity index (χ1n) is 14.1. The van der Waals surface area contributed by atoms with E-state index in [0.717, 1.165) is 44.2 Å². The third-order valence-electron chi connectivity index (χ3n) is 7.58. The van der Waals surface area contributed by atoms with E-state index in [4.69, 9.17) is 27.9 Å². The van der Waals surface area contributed by atoms with Crippen LogP contribution in [0.3, 0.4) is 0 Å². The van der Waals surface area contributed by atoms with Crippen molar-refractivity contribution in [2.45, 2.75) is 76.4 Å². The number of para-hydroxylation sites is 1. The highest BCUT2D eigenvalue weighted by Gasteiger charge is 2.26. The van der Waals surface area contributed by atoms with Crippen molar-refractivity contribution < 1.29 is 19.4 Å². The molecule has 2 aromatic carbocycles. The standard InChI is InChI=1S/C30H39Cl2N3O4/c31-24-13-12-21(19-25(24)32)14-16-33-17-15-29(38)35(22-7-2-1-3-8-22)18-5-4-11-27(36)23-9-6-10-26-30(23)39-20-28(37)34-26/h6,9-10,12-13,19,22,27,33,36H,1-5,7-8,11,14-18,20H2,(H,34,37)/t27-/m1/s1. The summed E-state index contributed by atoms with van der Waals surface area (Å²) < 4.78 is 5.59. The molecule has 39 heavy (non-hydrogen) atoms. The van der Waals surface area contributed by atoms with Gasteiger partial charge in [0.1, 0.15) is 5.75 Å². The van der Waals surface area contributed by atoms with E-state index in [1.807, 2.05) is 30.3 Å². The van der Waals surface area contributed by atoms with Crippen molar-refractivity contribution in [1.29, 1.82) is 0 Å². The Morgan fingerprint density at radius 3 is 2.72 bits per heavy atom. The zero-order chi connectivity index (χ0) is 27.6. The molecule has 2 amide bonds. The molecule has 1 aliphatic carbocycles. The van der Waals surface area contributed by atoms with Gasteiger partial charge in [-0.2, -0.15) is 0 Å². The molecule has 0 aromatic heterocycles. The van der Waals surface area contributed by atoms with E-state index in [0.29, 0.717) is 59.0 Å². The summed E-state index contributed by atoms with van der Waals surface area (Å²) in [7, 11) is 0. The van der Waals surface area contributed by atoms with Crippen molar-refractivity contribution in [3.63, 3.8) is 0 Å². The van der Waals surface area contributed by atoms with E-state index in [1.165, 1.54) is 19.3 Å². The molecule has 2 aromatic rings. The molecule has 9 heteroatoms. The summed E-state index contributed by atoms with van der Waals surface area (Å²) in [5.41, 5.74) is 2.41. The first-order valence-corrected chi connectivity index (χ1v) is 14.9. The first kappa shape index (κ1) is 29.7. The number of carbonyl (C=O) groups excluding carboxylic acids is 2. The number of ether oxygens (including phenoxy) is 1. The molecule has 4 rings (SSSR count). The van der Waals surface area contributed by atoms with Crippen LogP contribution in [0.1, 0.15) is 75.0 Å². The van der Waals surface area contributed by atoms with Crippen LogP contribution in [0.25, 0.3) is 0 Å². The molecule has 0 bridgehead atoms. The SMILES string of the molecule is O=C1COc2c(cccc2[C@H](O)CCCCN(C(=O)CCNCCc2ccc(Cl)c(Cl)c2)C2CCCCC2)N1. The fourth-order valence-electron chi connectivity index (χ4n) is 5.47. The fraction of sp³-hybridized carbons (Fsp3) is 0.533. The number of carbonyl (C=O) groups is 2. The maximum atomic E-state index is 13.2. The molecule has 1 heterocycles. The summed E-state index contributed by atoms with van der Waals surface area (Å²) in [6.07, 6.45) is 8.51. The number of halogens is 2. The van der Waals surface area contributed by atoms with Gasteiger partial charge in [0.15, 0.2) is 6.61 Å². The lowest BCUT2D eigenvalue weighted by Crippen LogP contribution is -2.43. The maximum Gasteiger partial charge on any atom is 0.262 e. The predicted molar refractivity (Wildman–Crippen MR) is 156 cm³/mol. The Labute approximate surface area is 241 Å². The molecule has 0 radical (unpaired) electrons. The summed E-state index contributed by atoms with van der Waals surface area (Å²) in [4.78, 5) is 26.9. The lowest BCUT2D eigenvalue weighted by molar-refractivity contribution is -0.134. The number of rotatable bonds is 13. The van der Waals surface area contributed by atoms with Gasteiger partial charge < -0.3 is 25.4 Å². The fourth-order valence-corrected chi connectivity index (χ4v) is 5.79. The van der Waals surface area contributed by atoms with Crippen LogP contribution in [-0.4, -0.2) is 54.1 Å². The normalized spacial score (nSPS) is 16.2. The van der Waals surface area contributed by atoms with Gasteiger partial charge in [-0.05, 0) is 68.8 Å². The minimum absolute atomic E-state index is 0.0421. The van der Waals surface area contributed by atoms with Gasteiger partial charge in [0.2, 0.25) is 5.91 Å². The Morgan fingerprint density at radius 1 is 1.10 bits per heavy atom. The Hall–Kier alpha value is -2.32. The smallest absolute Gasteiger partial charge is 0.262 e. The van der Waals surface area contributed by atoms with Crippen LogP contribution in [0, 0.1) is 0 Å². The largest absolute Gasteiger partial charge is 0.481 e. The average Bonchev–Trinajstić information content (AvgIpc) is 2.94. The molecule has 1 fully saturated rings. The molecule has 7 nitrogen and oxygen atoms in total. The number of unbranched alkanes of at least 4 members (excludes halogenated alkanes) is 1. The second kappa shape index (κ2) is 14.9. The van der Waals surface area contributed by atoms with Crippen molar-refractivity contribution in [1.82, 2.24) is 10.2 Å². The number of fused-ring (bicyclic) bond motifs is 1. The Morgan fingerprint density at radius 2 is 1.92 bits per heavy atom. The van der Waals surface area contributed by atoms with E-state index in [9.17, 15) is 14.7 Å². The first-order chi connectivity index (χ1) is 18.9. The van der Waals surface area contributed by atoms with E-state index < -0.39 is 6.10 Å². The lowest BCUT2D eigenvalue weighted by Gasteiger charge is -2.35. The van der Waals surface area contributed by atoms with E-state index in [-0.39, 0.29) is 18.4 Å². The molecule has 3 N–H and O–H groups in total. The number of benzene rings is 2.